The average Bonchev–Trinajstić information content (AvgIpc) is 3.41. The highest BCUT2D eigenvalue weighted by molar-refractivity contribution is 7.93. The molecule has 0 aliphatic carbocycles. The van der Waals surface area contributed by atoms with Crippen molar-refractivity contribution >= 4 is 38.7 Å². The fourth-order valence-corrected chi connectivity index (χ4v) is 6.03. The van der Waals surface area contributed by atoms with Crippen molar-refractivity contribution in [2.45, 2.75) is 38.0 Å². The fraction of sp³-hybridized carbons (Fsp3) is 0.333. The van der Waals surface area contributed by atoms with E-state index in [1.165, 1.54) is 36.5 Å². The van der Waals surface area contributed by atoms with Crippen molar-refractivity contribution in [1.29, 1.82) is 0 Å². The number of amides is 1. The van der Waals surface area contributed by atoms with Crippen LogP contribution in [0.4, 0.5) is 5.69 Å². The van der Waals surface area contributed by atoms with Gasteiger partial charge in [0, 0.05) is 29.2 Å². The molecular formula is C21H22N4O5S2. The Kier molecular flexibility index (Phi) is 6.11. The summed E-state index contributed by atoms with van der Waals surface area (Å²) >= 11 is 1.19. The number of Topliss-reactive ketones (excluding diaryl/α,β-unsaturated/α-hetero) is 1. The van der Waals surface area contributed by atoms with E-state index in [0.717, 1.165) is 19.3 Å². The zero-order chi connectivity index (χ0) is 22.9. The predicted molar refractivity (Wildman–Crippen MR) is 119 cm³/mol. The van der Waals surface area contributed by atoms with Crippen molar-refractivity contribution in [2.75, 3.05) is 17.8 Å². The van der Waals surface area contributed by atoms with Gasteiger partial charge in [-0.3, -0.25) is 14.3 Å². The Morgan fingerprint density at radius 3 is 2.44 bits per heavy atom. The summed E-state index contributed by atoms with van der Waals surface area (Å²) in [6.45, 7) is 4.45. The summed E-state index contributed by atoms with van der Waals surface area (Å²) in [5, 5.41) is 7.81. The molecule has 3 aromatic rings. The third-order valence-electron chi connectivity index (χ3n) is 5.17. The van der Waals surface area contributed by atoms with Crippen LogP contribution in [-0.4, -0.2) is 48.3 Å². The number of aryl methyl sites for hydroxylation is 1. The number of nitrogens with zero attached hydrogens (tertiary/aromatic N) is 3. The molecule has 0 spiro atoms. The quantitative estimate of drug-likeness (QED) is 0.540. The van der Waals surface area contributed by atoms with Crippen LogP contribution in [0.15, 0.2) is 39.6 Å². The van der Waals surface area contributed by atoms with E-state index >= 15 is 0 Å². The molecule has 1 aliphatic heterocycles. The molecule has 168 valence electrons. The summed E-state index contributed by atoms with van der Waals surface area (Å²) in [5.41, 5.74) is 0.836. The second-order valence-electron chi connectivity index (χ2n) is 7.54. The van der Waals surface area contributed by atoms with Gasteiger partial charge in [-0.1, -0.05) is 0 Å². The topological polar surface area (TPSA) is 122 Å². The monoisotopic (exact) mass is 474 g/mol. The average molecular weight is 475 g/mol. The molecule has 0 bridgehead atoms. The largest absolute Gasteiger partial charge is 0.411 e. The van der Waals surface area contributed by atoms with E-state index in [1.807, 2.05) is 0 Å². The lowest BCUT2D eigenvalue weighted by Crippen LogP contribution is -2.35. The van der Waals surface area contributed by atoms with Crippen molar-refractivity contribution in [1.82, 2.24) is 15.1 Å². The van der Waals surface area contributed by atoms with Gasteiger partial charge in [-0.2, -0.15) is 0 Å². The molecule has 9 nitrogen and oxygen atoms in total. The maximum absolute atomic E-state index is 12.9. The Labute approximate surface area is 189 Å². The number of likely N-dealkylation sites (tertiary alicyclic amines) is 1. The summed E-state index contributed by atoms with van der Waals surface area (Å²) in [4.78, 5) is 26.7. The van der Waals surface area contributed by atoms with Crippen molar-refractivity contribution in [3.63, 3.8) is 0 Å². The van der Waals surface area contributed by atoms with Gasteiger partial charge in [0.1, 0.15) is 4.90 Å². The lowest BCUT2D eigenvalue weighted by atomic mass is 10.1. The number of nitrogens with one attached hydrogen (secondary N) is 1. The summed E-state index contributed by atoms with van der Waals surface area (Å²) in [7, 11) is -3.88. The van der Waals surface area contributed by atoms with Crippen LogP contribution < -0.4 is 4.72 Å². The molecule has 1 N–H and O–H groups in total. The number of piperidine rings is 1. The third kappa shape index (κ3) is 4.58. The van der Waals surface area contributed by atoms with Gasteiger partial charge in [-0.25, -0.2) is 8.42 Å². The van der Waals surface area contributed by atoms with Gasteiger partial charge in [0.05, 0.1) is 4.88 Å². The Bertz CT molecular complexity index is 1260. The summed E-state index contributed by atoms with van der Waals surface area (Å²) in [5.74, 6) is -0.401. The molecule has 4 rings (SSSR count). The van der Waals surface area contributed by atoms with Gasteiger partial charge in [-0.05, 0) is 63.4 Å². The Hall–Kier alpha value is -3.05. The van der Waals surface area contributed by atoms with Crippen LogP contribution in [0.3, 0.4) is 0 Å². The number of carbonyl (C=O) groups is 2. The third-order valence-corrected chi connectivity index (χ3v) is 7.84. The molecule has 1 amide bonds. The predicted octanol–water partition coefficient (Wildman–Crippen LogP) is 3.74. The zero-order valence-corrected chi connectivity index (χ0v) is 19.3. The first-order chi connectivity index (χ1) is 15.2. The first kappa shape index (κ1) is 22.2. The SMILES string of the molecule is CC(=O)c1ccc(NS(=O)(=O)c2cc(-c3nnc(C(=O)N4CCCCC4)o3)sc2C)cc1. The molecule has 1 aliphatic rings. The molecule has 1 fully saturated rings. The normalized spacial score (nSPS) is 14.4. The maximum atomic E-state index is 12.9. The molecule has 1 aromatic carbocycles. The van der Waals surface area contributed by atoms with Crippen LogP contribution in [0.2, 0.25) is 0 Å². The minimum absolute atomic E-state index is 0.0789. The van der Waals surface area contributed by atoms with Crippen LogP contribution in [0.5, 0.6) is 0 Å². The van der Waals surface area contributed by atoms with E-state index < -0.39 is 10.0 Å². The molecule has 1 saturated heterocycles. The van der Waals surface area contributed by atoms with Crippen LogP contribution in [0.1, 0.15) is 52.1 Å². The van der Waals surface area contributed by atoms with Crippen molar-refractivity contribution < 1.29 is 22.4 Å². The van der Waals surface area contributed by atoms with E-state index in [-0.39, 0.29) is 28.4 Å². The maximum Gasteiger partial charge on any atom is 0.311 e. The minimum atomic E-state index is -3.88. The fourth-order valence-electron chi connectivity index (χ4n) is 3.46. The number of ketones is 1. The number of rotatable bonds is 6. The molecule has 0 atom stereocenters. The van der Waals surface area contributed by atoms with Crippen molar-refractivity contribution in [3.05, 3.63) is 46.7 Å². The highest BCUT2D eigenvalue weighted by Gasteiger charge is 2.26. The molecular weight excluding hydrogens is 452 g/mol. The van der Waals surface area contributed by atoms with E-state index in [0.29, 0.717) is 34.1 Å². The number of aromatic nitrogens is 2. The molecule has 32 heavy (non-hydrogen) atoms. The van der Waals surface area contributed by atoms with Crippen molar-refractivity contribution in [2.24, 2.45) is 0 Å². The minimum Gasteiger partial charge on any atom is -0.411 e. The number of benzene rings is 1. The molecule has 2 aromatic heterocycles. The van der Waals surface area contributed by atoms with E-state index in [9.17, 15) is 18.0 Å². The van der Waals surface area contributed by atoms with Crippen LogP contribution >= 0.6 is 11.3 Å². The number of hydrogen-bond acceptors (Lipinski definition) is 8. The summed E-state index contributed by atoms with van der Waals surface area (Å²) in [6.07, 6.45) is 2.99. The standard InChI is InChI=1S/C21H22N4O5S2/c1-13(26)15-6-8-16(9-7-15)24-32(28,29)18-12-17(31-14(18)2)19-22-23-20(30-19)21(27)25-10-4-3-5-11-25/h6-9,12,24H,3-5,10-11H2,1-2H3. The summed E-state index contributed by atoms with van der Waals surface area (Å²) < 4.78 is 33.9. The Balaban J connectivity index is 1.54. The van der Waals surface area contributed by atoms with Crippen LogP contribution in [-0.2, 0) is 10.0 Å². The van der Waals surface area contributed by atoms with Gasteiger partial charge in [0.15, 0.2) is 5.78 Å². The van der Waals surface area contributed by atoms with E-state index in [2.05, 4.69) is 14.9 Å². The number of sulfonamides is 1. The Morgan fingerprint density at radius 2 is 1.78 bits per heavy atom. The zero-order valence-electron chi connectivity index (χ0n) is 17.6. The van der Waals surface area contributed by atoms with Crippen molar-refractivity contribution in [3.8, 4) is 10.8 Å². The molecule has 0 unspecified atom stereocenters. The molecule has 0 saturated carbocycles. The van der Waals surface area contributed by atoms with E-state index in [4.69, 9.17) is 4.42 Å². The highest BCUT2D eigenvalue weighted by atomic mass is 32.2. The smallest absolute Gasteiger partial charge is 0.311 e. The number of hydrogen-bond donors (Lipinski definition) is 1. The molecule has 0 radical (unpaired) electrons. The first-order valence-corrected chi connectivity index (χ1v) is 12.4. The second kappa shape index (κ2) is 8.83. The van der Waals surface area contributed by atoms with Crippen LogP contribution in [0.25, 0.3) is 10.8 Å². The lowest BCUT2D eigenvalue weighted by Gasteiger charge is -2.24. The van der Waals surface area contributed by atoms with E-state index in [1.54, 1.807) is 24.0 Å². The number of anilines is 1. The van der Waals surface area contributed by atoms with Crippen LogP contribution in [0, 0.1) is 6.92 Å². The Morgan fingerprint density at radius 1 is 1.09 bits per heavy atom. The van der Waals surface area contributed by atoms with Gasteiger partial charge in [0.2, 0.25) is 0 Å². The number of thiophene rings is 1. The molecule has 3 heterocycles. The molecule has 11 heteroatoms. The van der Waals surface area contributed by atoms with Gasteiger partial charge in [0.25, 0.3) is 15.9 Å². The highest BCUT2D eigenvalue weighted by Crippen LogP contribution is 2.34. The van der Waals surface area contributed by atoms with Gasteiger partial charge < -0.3 is 9.32 Å². The van der Waals surface area contributed by atoms with Gasteiger partial charge in [-0.15, -0.1) is 21.5 Å². The van der Waals surface area contributed by atoms with Gasteiger partial charge >= 0.3 is 11.8 Å². The first-order valence-electron chi connectivity index (χ1n) is 10.1. The second-order valence-corrected chi connectivity index (χ2v) is 10.4. The lowest BCUT2D eigenvalue weighted by molar-refractivity contribution is 0.0684. The number of carbonyl (C=O) groups excluding carboxylic acids is 2. The summed E-state index contributed by atoms with van der Waals surface area (Å²) in [6, 6.07) is 7.65.